The largest absolute Gasteiger partial charge is 0.386 e. The molecule has 0 fully saturated rings. The van der Waals surface area contributed by atoms with Crippen LogP contribution in [0.5, 0.6) is 0 Å². The normalized spacial score (nSPS) is 15.8. The number of halogens is 2. The third-order valence-corrected chi connectivity index (χ3v) is 5.01. The number of aliphatic hydroxyl groups is 1. The summed E-state index contributed by atoms with van der Waals surface area (Å²) in [4.78, 5) is 0. The van der Waals surface area contributed by atoms with Gasteiger partial charge in [0.15, 0.2) is 14.5 Å². The highest BCUT2D eigenvalue weighted by Crippen LogP contribution is 2.25. The molecular weight excluding hydrogens is 255 g/mol. The Morgan fingerprint density at radius 1 is 1.38 bits per heavy atom. The van der Waals surface area contributed by atoms with Crippen LogP contribution < -0.4 is 0 Å². The molecule has 6 heteroatoms. The van der Waals surface area contributed by atoms with Crippen LogP contribution in [-0.2, 0) is 9.84 Å². The zero-order chi connectivity index (χ0) is 12.3. The van der Waals surface area contributed by atoms with Crippen molar-refractivity contribution in [3.8, 4) is 0 Å². The molecule has 0 saturated heterocycles. The molecule has 1 N–H and O–H groups in total. The number of aliphatic hydroxyl groups excluding tert-OH is 1. The Balaban J connectivity index is 2.94. The van der Waals surface area contributed by atoms with Crippen molar-refractivity contribution in [3.63, 3.8) is 0 Å². The average Bonchev–Trinajstić information content (AvgIpc) is 2.28. The lowest BCUT2D eigenvalue weighted by molar-refractivity contribution is 0.191. The van der Waals surface area contributed by atoms with Crippen LogP contribution in [0.2, 0.25) is 0 Å². The monoisotopic (exact) mass is 266 g/mol. The first kappa shape index (κ1) is 13.4. The van der Waals surface area contributed by atoms with E-state index in [1.54, 1.807) is 0 Å². The third-order valence-electron chi connectivity index (χ3n) is 2.21. The number of sulfone groups is 1. The van der Waals surface area contributed by atoms with Crippen LogP contribution >= 0.6 is 11.6 Å². The second-order valence-corrected chi connectivity index (χ2v) is 6.44. The van der Waals surface area contributed by atoms with Crippen LogP contribution in [0.15, 0.2) is 24.3 Å². The molecule has 0 spiro atoms. The van der Waals surface area contributed by atoms with Gasteiger partial charge in [-0.25, -0.2) is 12.8 Å². The summed E-state index contributed by atoms with van der Waals surface area (Å²) in [5, 5.41) is 9.71. The Kier molecular flexibility index (Phi) is 4.29. The van der Waals surface area contributed by atoms with Gasteiger partial charge >= 0.3 is 0 Å². The minimum absolute atomic E-state index is 0.153. The molecule has 0 aliphatic carbocycles. The van der Waals surface area contributed by atoms with Crippen LogP contribution in [-0.4, -0.2) is 24.0 Å². The van der Waals surface area contributed by atoms with E-state index >= 15 is 0 Å². The molecule has 0 radical (unpaired) electrons. The quantitative estimate of drug-likeness (QED) is 0.847. The number of rotatable bonds is 4. The molecule has 1 aromatic rings. The van der Waals surface area contributed by atoms with Gasteiger partial charge in [0.25, 0.3) is 0 Å². The number of hydrogen-bond donors (Lipinski definition) is 1. The predicted molar refractivity (Wildman–Crippen MR) is 60.5 cm³/mol. The lowest BCUT2D eigenvalue weighted by Crippen LogP contribution is -2.24. The minimum Gasteiger partial charge on any atom is -0.386 e. The molecule has 1 aromatic carbocycles. The molecule has 0 amide bonds. The van der Waals surface area contributed by atoms with E-state index in [0.29, 0.717) is 0 Å². The van der Waals surface area contributed by atoms with E-state index in [2.05, 4.69) is 0 Å². The molecule has 0 aliphatic heterocycles. The first-order chi connectivity index (χ1) is 7.38. The Morgan fingerprint density at radius 2 is 1.88 bits per heavy atom. The van der Waals surface area contributed by atoms with Crippen molar-refractivity contribution in [2.45, 2.75) is 17.7 Å². The summed E-state index contributed by atoms with van der Waals surface area (Å²) >= 11 is 5.67. The van der Waals surface area contributed by atoms with E-state index in [1.165, 1.54) is 19.1 Å². The Morgan fingerprint density at radius 3 is 2.31 bits per heavy atom. The second-order valence-electron chi connectivity index (χ2n) is 3.30. The molecule has 2 atom stereocenters. The molecule has 90 valence electrons. The summed E-state index contributed by atoms with van der Waals surface area (Å²) in [6, 6.07) is 4.89. The minimum atomic E-state index is -3.53. The maximum atomic E-state index is 12.6. The van der Waals surface area contributed by atoms with Crippen molar-refractivity contribution >= 4 is 21.4 Å². The van der Waals surface area contributed by atoms with Gasteiger partial charge in [0, 0.05) is 5.75 Å². The first-order valence-electron chi connectivity index (χ1n) is 4.67. The molecule has 16 heavy (non-hydrogen) atoms. The SMILES string of the molecule is CCS(=O)(=O)[C@@H](Cl)[C@H](O)c1ccc(F)cc1. The van der Waals surface area contributed by atoms with Gasteiger partial charge in [-0.1, -0.05) is 19.1 Å². The van der Waals surface area contributed by atoms with Crippen molar-refractivity contribution in [2.75, 3.05) is 5.75 Å². The predicted octanol–water partition coefficient (Wildman–Crippen LogP) is 1.86. The van der Waals surface area contributed by atoms with E-state index in [-0.39, 0.29) is 11.3 Å². The van der Waals surface area contributed by atoms with Crippen LogP contribution in [0.1, 0.15) is 18.6 Å². The maximum Gasteiger partial charge on any atom is 0.169 e. The van der Waals surface area contributed by atoms with E-state index in [1.807, 2.05) is 0 Å². The first-order valence-corrected chi connectivity index (χ1v) is 6.83. The molecule has 1 rings (SSSR count). The number of hydrogen-bond acceptors (Lipinski definition) is 3. The van der Waals surface area contributed by atoms with Crippen LogP contribution in [0.3, 0.4) is 0 Å². The van der Waals surface area contributed by atoms with Crippen molar-refractivity contribution in [1.29, 1.82) is 0 Å². The van der Waals surface area contributed by atoms with Gasteiger partial charge in [0.05, 0.1) is 0 Å². The second kappa shape index (κ2) is 5.12. The number of benzene rings is 1. The molecular formula is C10H12ClFO3S. The fraction of sp³-hybridized carbons (Fsp3) is 0.400. The molecule has 0 unspecified atom stereocenters. The van der Waals surface area contributed by atoms with Gasteiger partial charge in [-0.05, 0) is 17.7 Å². The van der Waals surface area contributed by atoms with E-state index in [9.17, 15) is 17.9 Å². The van der Waals surface area contributed by atoms with Gasteiger partial charge in [-0.15, -0.1) is 11.6 Å². The summed E-state index contributed by atoms with van der Waals surface area (Å²) in [7, 11) is -3.53. The standard InChI is InChI=1S/C10H12ClFO3S/c1-2-16(14,15)10(11)9(13)7-3-5-8(12)6-4-7/h3-6,9-10,13H,2H2,1H3/t9-,10-/m1/s1. The average molecular weight is 267 g/mol. The lowest BCUT2D eigenvalue weighted by atomic mass is 10.1. The fourth-order valence-corrected chi connectivity index (χ4v) is 2.56. The van der Waals surface area contributed by atoms with Crippen molar-refractivity contribution in [3.05, 3.63) is 35.6 Å². The highest BCUT2D eigenvalue weighted by Gasteiger charge is 2.29. The molecule has 0 aliphatic rings. The third kappa shape index (κ3) is 2.93. The van der Waals surface area contributed by atoms with Gasteiger partial charge in [0.2, 0.25) is 0 Å². The summed E-state index contributed by atoms with van der Waals surface area (Å²) in [5.74, 6) is -0.611. The van der Waals surface area contributed by atoms with Gasteiger partial charge < -0.3 is 5.11 Å². The van der Waals surface area contributed by atoms with Crippen molar-refractivity contribution in [2.24, 2.45) is 0 Å². The van der Waals surface area contributed by atoms with Crippen molar-refractivity contribution in [1.82, 2.24) is 0 Å². The van der Waals surface area contributed by atoms with Crippen LogP contribution in [0.25, 0.3) is 0 Å². The summed E-state index contributed by atoms with van der Waals surface area (Å²) in [5.41, 5.74) is 0.276. The van der Waals surface area contributed by atoms with Crippen LogP contribution in [0.4, 0.5) is 4.39 Å². The zero-order valence-corrected chi connectivity index (χ0v) is 10.2. The van der Waals surface area contributed by atoms with E-state index < -0.39 is 26.5 Å². The van der Waals surface area contributed by atoms with Crippen LogP contribution in [0, 0.1) is 5.82 Å². The molecule has 0 heterocycles. The number of alkyl halides is 1. The zero-order valence-electron chi connectivity index (χ0n) is 8.60. The van der Waals surface area contributed by atoms with Gasteiger partial charge in [0.1, 0.15) is 11.9 Å². The highest BCUT2D eigenvalue weighted by molar-refractivity contribution is 7.93. The lowest BCUT2D eigenvalue weighted by Gasteiger charge is -2.16. The Bertz CT molecular complexity index is 444. The topological polar surface area (TPSA) is 54.4 Å². The smallest absolute Gasteiger partial charge is 0.169 e. The van der Waals surface area contributed by atoms with E-state index in [0.717, 1.165) is 12.1 Å². The summed E-state index contributed by atoms with van der Waals surface area (Å²) in [6.07, 6.45) is -1.35. The molecule has 0 bridgehead atoms. The Hall–Kier alpha value is -0.650. The maximum absolute atomic E-state index is 12.6. The summed E-state index contributed by atoms with van der Waals surface area (Å²) < 4.78 is 34.0. The van der Waals surface area contributed by atoms with Gasteiger partial charge in [-0.3, -0.25) is 0 Å². The summed E-state index contributed by atoms with van der Waals surface area (Å²) in [6.45, 7) is 1.45. The Labute approximate surface area is 98.8 Å². The van der Waals surface area contributed by atoms with E-state index in [4.69, 9.17) is 11.6 Å². The fourth-order valence-electron chi connectivity index (χ4n) is 1.17. The molecule has 3 nitrogen and oxygen atoms in total. The molecule has 0 aromatic heterocycles. The highest BCUT2D eigenvalue weighted by atomic mass is 35.5. The van der Waals surface area contributed by atoms with Gasteiger partial charge in [-0.2, -0.15) is 0 Å². The van der Waals surface area contributed by atoms with Crippen molar-refractivity contribution < 1.29 is 17.9 Å². The molecule has 0 saturated carbocycles.